The predicted octanol–water partition coefficient (Wildman–Crippen LogP) is 6.60. The van der Waals surface area contributed by atoms with Crippen LogP contribution in [0.25, 0.3) is 21.9 Å². The number of nitrogens with zero attached hydrogens (tertiary/aromatic N) is 1. The van der Waals surface area contributed by atoms with Gasteiger partial charge in [-0.25, -0.2) is 4.79 Å². The van der Waals surface area contributed by atoms with Gasteiger partial charge in [-0.15, -0.1) is 0 Å². The summed E-state index contributed by atoms with van der Waals surface area (Å²) in [5, 5.41) is 6.24. The second-order valence-corrected chi connectivity index (χ2v) is 8.29. The van der Waals surface area contributed by atoms with Crippen LogP contribution in [0.2, 0.25) is 5.02 Å². The number of rotatable bonds is 3. The third-order valence-corrected chi connectivity index (χ3v) is 4.61. The van der Waals surface area contributed by atoms with E-state index in [-0.39, 0.29) is 0 Å². The number of halogens is 1. The topological polar surface area (TPSA) is 50.7 Å². The first-order valence-electron chi connectivity index (χ1n) is 9.52. The molecule has 0 spiro atoms. The number of nitrogens with one attached hydrogen (secondary N) is 1. The molecule has 0 saturated heterocycles. The lowest BCUT2D eigenvalue weighted by Gasteiger charge is -2.17. The molecule has 0 aromatic heterocycles. The minimum atomic E-state index is -0.592. The van der Waals surface area contributed by atoms with Gasteiger partial charge in [0.15, 0.2) is 0 Å². The molecule has 3 aromatic rings. The summed E-state index contributed by atoms with van der Waals surface area (Å²) in [5.41, 5.74) is 2.83. The number of amides is 1. The normalized spacial score (nSPS) is 12.1. The highest BCUT2D eigenvalue weighted by Gasteiger charge is 2.15. The second kappa shape index (κ2) is 8.66. The molecule has 0 unspecified atom stereocenters. The fraction of sp³-hybridized carbons (Fsp3) is 0.250. The fourth-order valence-corrected chi connectivity index (χ4v) is 3.22. The van der Waals surface area contributed by atoms with Crippen molar-refractivity contribution < 1.29 is 9.53 Å². The van der Waals surface area contributed by atoms with Crippen molar-refractivity contribution in [2.24, 2.45) is 4.99 Å². The van der Waals surface area contributed by atoms with Gasteiger partial charge in [-0.2, -0.15) is 4.99 Å². The minimum absolute atomic E-state index is 0.519. The van der Waals surface area contributed by atoms with E-state index in [0.29, 0.717) is 12.4 Å². The van der Waals surface area contributed by atoms with Gasteiger partial charge >= 0.3 is 6.09 Å². The summed E-state index contributed by atoms with van der Waals surface area (Å²) in [6.45, 7) is 7.76. The molecule has 4 nitrogen and oxygen atoms in total. The Hall–Kier alpha value is -2.85. The molecule has 29 heavy (non-hydrogen) atoms. The van der Waals surface area contributed by atoms with Crippen LogP contribution in [-0.4, -0.2) is 17.5 Å². The van der Waals surface area contributed by atoms with E-state index in [9.17, 15) is 4.79 Å². The van der Waals surface area contributed by atoms with Crippen molar-refractivity contribution in [3.8, 4) is 11.1 Å². The molecule has 0 heterocycles. The maximum atomic E-state index is 11.9. The zero-order valence-corrected chi connectivity index (χ0v) is 17.9. The third kappa shape index (κ3) is 5.58. The number of carbonyl (C=O) groups excluding carboxylic acids is 1. The van der Waals surface area contributed by atoms with Crippen LogP contribution in [-0.2, 0) is 11.3 Å². The van der Waals surface area contributed by atoms with Gasteiger partial charge in [0.05, 0.1) is 0 Å². The summed E-state index contributed by atoms with van der Waals surface area (Å²) in [5.74, 6) is 0.519. The van der Waals surface area contributed by atoms with E-state index in [4.69, 9.17) is 16.3 Å². The van der Waals surface area contributed by atoms with Crippen molar-refractivity contribution in [2.75, 3.05) is 0 Å². The van der Waals surface area contributed by atoms with Crippen LogP contribution < -0.4 is 5.32 Å². The highest BCUT2D eigenvalue weighted by Crippen LogP contribution is 2.31. The molecule has 1 amide bonds. The van der Waals surface area contributed by atoms with Crippen LogP contribution >= 0.6 is 11.6 Å². The van der Waals surface area contributed by atoms with Gasteiger partial charge < -0.3 is 10.1 Å². The summed E-state index contributed by atoms with van der Waals surface area (Å²) >= 11 is 6.03. The summed E-state index contributed by atoms with van der Waals surface area (Å²) in [6.07, 6.45) is -0.592. The molecule has 0 saturated carbocycles. The van der Waals surface area contributed by atoms with Gasteiger partial charge in [0.2, 0.25) is 0 Å². The van der Waals surface area contributed by atoms with E-state index in [2.05, 4.69) is 40.6 Å². The maximum Gasteiger partial charge on any atom is 0.435 e. The number of aliphatic imine (C=N–C) groups is 1. The van der Waals surface area contributed by atoms with Crippen LogP contribution in [0.5, 0.6) is 0 Å². The first-order valence-corrected chi connectivity index (χ1v) is 9.89. The molecule has 3 aromatic carbocycles. The van der Waals surface area contributed by atoms with Crippen molar-refractivity contribution in [3.63, 3.8) is 0 Å². The first kappa shape index (κ1) is 20.9. The quantitative estimate of drug-likeness (QED) is 0.392. The smallest absolute Gasteiger partial charge is 0.435 e. The monoisotopic (exact) mass is 408 g/mol. The molecule has 1 N–H and O–H groups in total. The molecule has 0 aliphatic carbocycles. The molecule has 0 aliphatic heterocycles. The molecular formula is C24H25ClN2O2. The van der Waals surface area contributed by atoms with Gasteiger partial charge in [0.1, 0.15) is 11.4 Å². The summed E-state index contributed by atoms with van der Waals surface area (Å²) < 4.78 is 5.23. The Morgan fingerprint density at radius 2 is 1.66 bits per heavy atom. The Bertz CT molecular complexity index is 1050. The van der Waals surface area contributed by atoms with E-state index >= 15 is 0 Å². The van der Waals surface area contributed by atoms with Gasteiger partial charge in [0.25, 0.3) is 0 Å². The summed E-state index contributed by atoms with van der Waals surface area (Å²) in [7, 11) is 0. The van der Waals surface area contributed by atoms with Gasteiger partial charge in [-0.1, -0.05) is 60.1 Å². The molecule has 0 bridgehead atoms. The average Bonchev–Trinajstić information content (AvgIpc) is 2.65. The van der Waals surface area contributed by atoms with Crippen molar-refractivity contribution in [1.82, 2.24) is 5.32 Å². The Balaban J connectivity index is 1.83. The molecule has 5 heteroatoms. The summed E-state index contributed by atoms with van der Waals surface area (Å²) in [4.78, 5) is 15.8. The SMILES string of the molecule is C/C(=N/C(=O)OC(C)(C)C)NCc1cccc2c(-c3ccc(Cl)cc3)cccc12. The number of hydrogen-bond acceptors (Lipinski definition) is 2. The fourth-order valence-electron chi connectivity index (χ4n) is 3.09. The van der Waals surface area contributed by atoms with E-state index in [1.807, 2.05) is 51.1 Å². The van der Waals surface area contributed by atoms with Crippen molar-refractivity contribution in [1.29, 1.82) is 0 Å². The van der Waals surface area contributed by atoms with Gasteiger partial charge in [-0.05, 0) is 67.3 Å². The lowest BCUT2D eigenvalue weighted by Crippen LogP contribution is -2.25. The largest absolute Gasteiger partial charge is 0.442 e. The molecule has 0 aliphatic rings. The first-order chi connectivity index (χ1) is 13.7. The van der Waals surface area contributed by atoms with Crippen molar-refractivity contribution in [2.45, 2.75) is 39.8 Å². The number of hydrogen-bond donors (Lipinski definition) is 1. The molecule has 0 atom stereocenters. The Morgan fingerprint density at radius 3 is 2.34 bits per heavy atom. The number of amidine groups is 1. The van der Waals surface area contributed by atoms with Crippen molar-refractivity contribution >= 4 is 34.3 Å². The average molecular weight is 409 g/mol. The number of carbonyl (C=O) groups is 1. The van der Waals surface area contributed by atoms with E-state index in [1.165, 1.54) is 0 Å². The molecule has 150 valence electrons. The van der Waals surface area contributed by atoms with E-state index < -0.39 is 11.7 Å². The zero-order valence-electron chi connectivity index (χ0n) is 17.1. The Labute approximate surface area is 176 Å². The Kier molecular flexibility index (Phi) is 6.23. The molecule has 3 rings (SSSR count). The lowest BCUT2D eigenvalue weighted by atomic mass is 9.95. The van der Waals surface area contributed by atoms with E-state index in [0.717, 1.165) is 32.5 Å². The summed E-state index contributed by atoms with van der Waals surface area (Å²) in [6, 6.07) is 20.3. The standard InChI is InChI=1S/C24H25ClN2O2/c1-16(27-23(28)29-24(2,3)4)26-15-18-7-5-10-22-20(8-6-9-21(18)22)17-11-13-19(25)14-12-17/h5-14H,15H2,1-4H3,(H,26,27,28). The number of fused-ring (bicyclic) bond motifs is 1. The predicted molar refractivity (Wildman–Crippen MR) is 121 cm³/mol. The van der Waals surface area contributed by atoms with Crippen LogP contribution in [0.3, 0.4) is 0 Å². The zero-order chi connectivity index (χ0) is 21.0. The molecular weight excluding hydrogens is 384 g/mol. The number of ether oxygens (including phenoxy) is 1. The number of benzene rings is 3. The highest BCUT2D eigenvalue weighted by atomic mass is 35.5. The van der Waals surface area contributed by atoms with Gasteiger partial charge in [0, 0.05) is 11.6 Å². The lowest BCUT2D eigenvalue weighted by molar-refractivity contribution is 0.0603. The van der Waals surface area contributed by atoms with E-state index in [1.54, 1.807) is 6.92 Å². The van der Waals surface area contributed by atoms with Crippen LogP contribution in [0.4, 0.5) is 4.79 Å². The molecule has 0 radical (unpaired) electrons. The Morgan fingerprint density at radius 1 is 1.00 bits per heavy atom. The molecule has 0 fully saturated rings. The second-order valence-electron chi connectivity index (χ2n) is 7.86. The van der Waals surface area contributed by atoms with Crippen LogP contribution in [0.1, 0.15) is 33.3 Å². The van der Waals surface area contributed by atoms with Crippen LogP contribution in [0, 0.1) is 0 Å². The van der Waals surface area contributed by atoms with Gasteiger partial charge in [-0.3, -0.25) is 0 Å². The van der Waals surface area contributed by atoms with Crippen LogP contribution in [0.15, 0.2) is 65.7 Å². The maximum absolute atomic E-state index is 11.9. The third-order valence-electron chi connectivity index (χ3n) is 4.35. The highest BCUT2D eigenvalue weighted by molar-refractivity contribution is 6.30. The minimum Gasteiger partial charge on any atom is -0.442 e. The van der Waals surface area contributed by atoms with Crippen molar-refractivity contribution in [3.05, 3.63) is 71.2 Å².